The van der Waals surface area contributed by atoms with E-state index in [-0.39, 0.29) is 52.1 Å². The molecule has 1 N–H and O–H groups in total. The molecule has 150 valence electrons. The Bertz CT molecular complexity index is 708. The molecule has 0 aromatic heterocycles. The van der Waals surface area contributed by atoms with E-state index >= 15 is 0 Å². The van der Waals surface area contributed by atoms with Crippen LogP contribution in [0.15, 0.2) is 11.3 Å². The van der Waals surface area contributed by atoms with Crippen LogP contribution in [0.25, 0.3) is 0 Å². The number of carbonyl (C=O) groups is 2. The van der Waals surface area contributed by atoms with Crippen molar-refractivity contribution in [2.24, 2.45) is 22.2 Å². The molecule has 27 heavy (non-hydrogen) atoms. The van der Waals surface area contributed by atoms with Crippen LogP contribution < -0.4 is 0 Å². The highest BCUT2D eigenvalue weighted by Crippen LogP contribution is 2.63. The van der Waals surface area contributed by atoms with E-state index in [1.54, 1.807) is 0 Å². The Labute approximate surface area is 162 Å². The maximum Gasteiger partial charge on any atom is 0.263 e. The lowest BCUT2D eigenvalue weighted by atomic mass is 9.47. The van der Waals surface area contributed by atoms with Gasteiger partial charge in [0.1, 0.15) is 24.1 Å². The van der Waals surface area contributed by atoms with Crippen LogP contribution in [0, 0.1) is 22.2 Å². The third-order valence-electron chi connectivity index (χ3n) is 7.38. The number of aliphatic hydroxyl groups is 1. The first kappa shape index (κ1) is 19.0. The van der Waals surface area contributed by atoms with Crippen molar-refractivity contribution in [3.63, 3.8) is 0 Å². The number of Topliss-reactive ketones (excluding diaryl/α,β-unsaturated/α-hetero) is 1. The van der Waals surface area contributed by atoms with Gasteiger partial charge in [-0.25, -0.2) is 0 Å². The minimum atomic E-state index is -0.495. The molecule has 2 aliphatic heterocycles. The fourth-order valence-corrected chi connectivity index (χ4v) is 7.76. The normalized spacial score (nSPS) is 46.8. The summed E-state index contributed by atoms with van der Waals surface area (Å²) in [6, 6.07) is -0.495. The van der Waals surface area contributed by atoms with Crippen LogP contribution in [0.1, 0.15) is 73.1 Å². The number of nitrogens with zero attached hydrogens (tertiary/aromatic N) is 1. The minimum absolute atomic E-state index is 0.00998. The number of ketones is 1. The summed E-state index contributed by atoms with van der Waals surface area (Å²) in [6.07, 6.45) is 5.75. The van der Waals surface area contributed by atoms with Gasteiger partial charge in [0.2, 0.25) is 0 Å². The third kappa shape index (κ3) is 3.02. The highest BCUT2D eigenvalue weighted by molar-refractivity contribution is 6.21. The molecule has 4 rings (SSSR count). The van der Waals surface area contributed by atoms with Crippen molar-refractivity contribution in [1.82, 2.24) is 4.90 Å². The first-order valence-electron chi connectivity index (χ1n) is 10.3. The van der Waals surface area contributed by atoms with E-state index in [9.17, 15) is 14.7 Å². The molecule has 5 nitrogen and oxygen atoms in total. The lowest BCUT2D eigenvalue weighted by molar-refractivity contribution is -0.131. The molecule has 0 aromatic carbocycles. The van der Waals surface area contributed by atoms with Crippen molar-refractivity contribution in [2.45, 2.75) is 85.3 Å². The molecule has 0 spiro atoms. The van der Waals surface area contributed by atoms with Crippen LogP contribution in [0.3, 0.4) is 0 Å². The number of aliphatic hydroxyl groups excluding tert-OH is 1. The van der Waals surface area contributed by atoms with Crippen LogP contribution >= 0.6 is 0 Å². The quantitative estimate of drug-likeness (QED) is 0.758. The molecule has 0 aromatic rings. The molecule has 4 unspecified atom stereocenters. The molecule has 2 bridgehead atoms. The van der Waals surface area contributed by atoms with E-state index in [2.05, 4.69) is 27.7 Å². The molecule has 5 heteroatoms. The lowest BCUT2D eigenvalue weighted by Crippen LogP contribution is -2.48. The maximum absolute atomic E-state index is 13.2. The molecule has 2 aliphatic carbocycles. The third-order valence-corrected chi connectivity index (χ3v) is 7.38. The van der Waals surface area contributed by atoms with Crippen LogP contribution in [0.2, 0.25) is 0 Å². The Hall–Kier alpha value is -1.36. The van der Waals surface area contributed by atoms with Gasteiger partial charge < -0.3 is 14.7 Å². The monoisotopic (exact) mass is 375 g/mol. The molecule has 4 aliphatic rings. The average Bonchev–Trinajstić information content (AvgIpc) is 2.94. The molecule has 1 saturated heterocycles. The molecular weight excluding hydrogens is 342 g/mol. The summed E-state index contributed by atoms with van der Waals surface area (Å²) in [4.78, 5) is 27.3. The van der Waals surface area contributed by atoms with Gasteiger partial charge in [0.15, 0.2) is 5.78 Å². The highest BCUT2D eigenvalue weighted by atomic mass is 16.5. The van der Waals surface area contributed by atoms with Gasteiger partial charge in [-0.3, -0.25) is 9.59 Å². The summed E-state index contributed by atoms with van der Waals surface area (Å²) in [5.41, 5.74) is 0.411. The second-order valence-corrected chi connectivity index (χ2v) is 11.1. The van der Waals surface area contributed by atoms with E-state index in [4.69, 9.17) is 4.74 Å². The van der Waals surface area contributed by atoms with Gasteiger partial charge in [0.25, 0.3) is 5.91 Å². The topological polar surface area (TPSA) is 66.8 Å². The standard InChI is InChI=1S/C22H33NO4/c1-13-6-20(3)9-21(4,7-13)11-22(5,10-20)8-15(24)16-18(25)17-14(2)27-12-23(17)19(16)26/h13-14,17,25H,6-12H2,1-5H3. The number of fused-ring (bicyclic) bond motifs is 3. The molecule has 1 amide bonds. The van der Waals surface area contributed by atoms with Gasteiger partial charge in [-0.15, -0.1) is 0 Å². The number of amides is 1. The van der Waals surface area contributed by atoms with Gasteiger partial charge >= 0.3 is 0 Å². The lowest BCUT2D eigenvalue weighted by Gasteiger charge is -2.58. The van der Waals surface area contributed by atoms with Crippen molar-refractivity contribution in [2.75, 3.05) is 6.73 Å². The summed E-state index contributed by atoms with van der Waals surface area (Å²) < 4.78 is 5.44. The molecular formula is C22H33NO4. The number of hydrogen-bond acceptors (Lipinski definition) is 4. The van der Waals surface area contributed by atoms with Gasteiger partial charge in [0.05, 0.1) is 6.10 Å². The van der Waals surface area contributed by atoms with Crippen molar-refractivity contribution in [3.8, 4) is 0 Å². The summed E-state index contributed by atoms with van der Waals surface area (Å²) in [6.45, 7) is 11.3. The van der Waals surface area contributed by atoms with Crippen molar-refractivity contribution in [3.05, 3.63) is 11.3 Å². The summed E-state index contributed by atoms with van der Waals surface area (Å²) in [5.74, 6) is 0.0887. The minimum Gasteiger partial charge on any atom is -0.509 e. The predicted octanol–water partition coefficient (Wildman–Crippen LogP) is 3.98. The molecule has 4 atom stereocenters. The Balaban J connectivity index is 1.57. The second kappa shape index (κ2) is 5.82. The highest BCUT2D eigenvalue weighted by Gasteiger charge is 2.54. The Morgan fingerprint density at radius 3 is 2.30 bits per heavy atom. The maximum atomic E-state index is 13.2. The van der Waals surface area contributed by atoms with Crippen molar-refractivity contribution >= 4 is 11.7 Å². The number of ether oxygens (including phenoxy) is 1. The molecule has 0 radical (unpaired) electrons. The van der Waals surface area contributed by atoms with E-state index in [0.29, 0.717) is 6.42 Å². The van der Waals surface area contributed by atoms with Gasteiger partial charge in [-0.2, -0.15) is 0 Å². The first-order chi connectivity index (χ1) is 12.4. The first-order valence-corrected chi connectivity index (χ1v) is 10.3. The van der Waals surface area contributed by atoms with E-state index in [1.165, 1.54) is 24.2 Å². The number of hydrogen-bond donors (Lipinski definition) is 1. The summed E-state index contributed by atoms with van der Waals surface area (Å²) >= 11 is 0. The zero-order valence-electron chi connectivity index (χ0n) is 17.3. The summed E-state index contributed by atoms with van der Waals surface area (Å²) in [5, 5.41) is 10.6. The van der Waals surface area contributed by atoms with Crippen LogP contribution in [0.5, 0.6) is 0 Å². The fourth-order valence-electron chi connectivity index (χ4n) is 7.76. The smallest absolute Gasteiger partial charge is 0.263 e. The Morgan fingerprint density at radius 1 is 1.15 bits per heavy atom. The predicted molar refractivity (Wildman–Crippen MR) is 102 cm³/mol. The molecule has 2 saturated carbocycles. The van der Waals surface area contributed by atoms with E-state index in [1.807, 2.05) is 6.92 Å². The van der Waals surface area contributed by atoms with Crippen molar-refractivity contribution in [1.29, 1.82) is 0 Å². The van der Waals surface area contributed by atoms with Crippen molar-refractivity contribution < 1.29 is 19.4 Å². The van der Waals surface area contributed by atoms with E-state index < -0.39 is 6.04 Å². The summed E-state index contributed by atoms with van der Waals surface area (Å²) in [7, 11) is 0. The van der Waals surface area contributed by atoms with Crippen LogP contribution in [-0.2, 0) is 14.3 Å². The Kier molecular flexibility index (Phi) is 4.09. The SMILES string of the molecule is CC1CC2(C)CC(C)(CC(=O)C3=C(O)C4C(C)OCN4C3=O)CC(C)(C1)C2. The molecule has 2 heterocycles. The zero-order valence-corrected chi connectivity index (χ0v) is 17.3. The zero-order chi connectivity index (χ0) is 19.8. The van der Waals surface area contributed by atoms with Gasteiger partial charge in [0, 0.05) is 6.42 Å². The fraction of sp³-hybridized carbons (Fsp3) is 0.818. The van der Waals surface area contributed by atoms with Crippen LogP contribution in [0.4, 0.5) is 0 Å². The van der Waals surface area contributed by atoms with Gasteiger partial charge in [-0.05, 0) is 61.2 Å². The van der Waals surface area contributed by atoms with E-state index in [0.717, 1.165) is 18.8 Å². The second-order valence-electron chi connectivity index (χ2n) is 11.1. The average molecular weight is 376 g/mol. The van der Waals surface area contributed by atoms with Crippen LogP contribution in [-0.4, -0.2) is 40.6 Å². The van der Waals surface area contributed by atoms with Gasteiger partial charge in [-0.1, -0.05) is 27.7 Å². The number of rotatable bonds is 3. The largest absolute Gasteiger partial charge is 0.509 e. The number of carbonyl (C=O) groups excluding carboxylic acids is 2. The Morgan fingerprint density at radius 2 is 1.74 bits per heavy atom. The molecule has 3 fully saturated rings.